The first-order valence-corrected chi connectivity index (χ1v) is 6.65. The summed E-state index contributed by atoms with van der Waals surface area (Å²) >= 11 is 1.71. The second-order valence-corrected chi connectivity index (χ2v) is 5.15. The van der Waals surface area contributed by atoms with Crippen molar-refractivity contribution in [3.63, 3.8) is 0 Å². The lowest BCUT2D eigenvalue weighted by Crippen LogP contribution is -2.26. The van der Waals surface area contributed by atoms with Crippen molar-refractivity contribution in [3.05, 3.63) is 24.3 Å². The molecule has 0 unspecified atom stereocenters. The van der Waals surface area contributed by atoms with Crippen LogP contribution in [0.3, 0.4) is 0 Å². The first-order valence-electron chi connectivity index (χ1n) is 5.67. The minimum Gasteiger partial charge on any atom is -0.497 e. The van der Waals surface area contributed by atoms with E-state index in [-0.39, 0.29) is 0 Å². The summed E-state index contributed by atoms with van der Waals surface area (Å²) in [7, 11) is 3.76. The molecule has 0 fully saturated rings. The number of rotatable bonds is 2. The van der Waals surface area contributed by atoms with Gasteiger partial charge in [-0.25, -0.2) is 0 Å². The van der Waals surface area contributed by atoms with Gasteiger partial charge >= 0.3 is 0 Å². The molecular weight excluding hydrogens is 248 g/mol. The lowest BCUT2D eigenvalue weighted by molar-refractivity contribution is 0.291. The van der Waals surface area contributed by atoms with Crippen molar-refractivity contribution in [1.82, 2.24) is 19.7 Å². The first kappa shape index (κ1) is 11.6. The molecular formula is C12H14N4OS. The van der Waals surface area contributed by atoms with Crippen molar-refractivity contribution in [2.24, 2.45) is 0 Å². The Kier molecular flexibility index (Phi) is 2.97. The molecule has 1 aromatic carbocycles. The van der Waals surface area contributed by atoms with E-state index in [1.54, 1.807) is 18.9 Å². The average molecular weight is 262 g/mol. The second kappa shape index (κ2) is 4.62. The van der Waals surface area contributed by atoms with Gasteiger partial charge in [0.05, 0.1) is 19.7 Å². The number of hydrogen-bond donors (Lipinski definition) is 0. The van der Waals surface area contributed by atoms with Crippen LogP contribution in [0.15, 0.2) is 29.4 Å². The Hall–Kier alpha value is -1.53. The van der Waals surface area contributed by atoms with Gasteiger partial charge in [-0.2, -0.15) is 0 Å². The topological polar surface area (TPSA) is 43.2 Å². The summed E-state index contributed by atoms with van der Waals surface area (Å²) < 4.78 is 7.30. The van der Waals surface area contributed by atoms with E-state index in [4.69, 9.17) is 4.74 Å². The van der Waals surface area contributed by atoms with Crippen molar-refractivity contribution in [1.29, 1.82) is 0 Å². The van der Waals surface area contributed by atoms with E-state index in [9.17, 15) is 0 Å². The maximum atomic E-state index is 5.16. The van der Waals surface area contributed by atoms with Gasteiger partial charge in [-0.1, -0.05) is 11.8 Å². The summed E-state index contributed by atoms with van der Waals surface area (Å²) in [6, 6.07) is 7.90. The highest BCUT2D eigenvalue weighted by Gasteiger charge is 2.20. The van der Waals surface area contributed by atoms with Crippen LogP contribution in [0, 0.1) is 0 Å². The quantitative estimate of drug-likeness (QED) is 0.827. The number of aromatic nitrogens is 3. The molecule has 1 aliphatic rings. The lowest BCUT2D eigenvalue weighted by atomic mass is 10.2. The Labute approximate surface area is 110 Å². The largest absolute Gasteiger partial charge is 0.497 e. The van der Waals surface area contributed by atoms with Gasteiger partial charge in [-0.15, -0.1) is 10.2 Å². The van der Waals surface area contributed by atoms with E-state index in [2.05, 4.69) is 26.7 Å². The fraction of sp³-hybridized carbons (Fsp3) is 0.333. The highest BCUT2D eigenvalue weighted by Crippen LogP contribution is 2.28. The molecule has 1 aliphatic heterocycles. The molecule has 1 aromatic heterocycles. The van der Waals surface area contributed by atoms with Crippen molar-refractivity contribution in [2.75, 3.05) is 20.0 Å². The van der Waals surface area contributed by atoms with Crippen LogP contribution >= 0.6 is 11.8 Å². The Morgan fingerprint density at radius 1 is 1.22 bits per heavy atom. The summed E-state index contributed by atoms with van der Waals surface area (Å²) in [4.78, 5) is 2.23. The van der Waals surface area contributed by atoms with Gasteiger partial charge in [0.1, 0.15) is 5.75 Å². The Morgan fingerprint density at radius 2 is 2.00 bits per heavy atom. The van der Waals surface area contributed by atoms with Gasteiger partial charge in [0.2, 0.25) is 0 Å². The van der Waals surface area contributed by atoms with Crippen LogP contribution in [0.4, 0.5) is 0 Å². The zero-order chi connectivity index (χ0) is 12.5. The minimum atomic E-state index is 0.830. The number of methoxy groups -OCH3 is 1. The third-order valence-corrected chi connectivity index (χ3v) is 3.99. The average Bonchev–Trinajstić information content (AvgIpc) is 2.82. The fourth-order valence-electron chi connectivity index (χ4n) is 1.93. The zero-order valence-corrected chi connectivity index (χ0v) is 11.1. The lowest BCUT2D eigenvalue weighted by Gasteiger charge is -2.23. The fourth-order valence-corrected chi connectivity index (χ4v) is 2.74. The molecule has 0 atom stereocenters. The van der Waals surface area contributed by atoms with E-state index < -0.39 is 0 Å². The molecule has 0 saturated heterocycles. The molecule has 18 heavy (non-hydrogen) atoms. The highest BCUT2D eigenvalue weighted by atomic mass is 32.2. The van der Waals surface area contributed by atoms with Gasteiger partial charge < -0.3 is 4.74 Å². The number of nitrogens with zero attached hydrogens (tertiary/aromatic N) is 4. The van der Waals surface area contributed by atoms with Gasteiger partial charge in [0.15, 0.2) is 11.0 Å². The SMILES string of the molecule is COc1ccc(-c2nnc3n2CN(C)CS3)cc1. The van der Waals surface area contributed by atoms with E-state index in [1.807, 2.05) is 24.3 Å². The maximum absolute atomic E-state index is 5.16. The zero-order valence-electron chi connectivity index (χ0n) is 10.3. The summed E-state index contributed by atoms with van der Waals surface area (Å²) in [5, 5.41) is 9.50. The summed E-state index contributed by atoms with van der Waals surface area (Å²) in [6.07, 6.45) is 0. The molecule has 0 bridgehead atoms. The van der Waals surface area contributed by atoms with Gasteiger partial charge in [0.25, 0.3) is 0 Å². The number of benzene rings is 1. The van der Waals surface area contributed by atoms with Crippen LogP contribution in [0.5, 0.6) is 5.75 Å². The maximum Gasteiger partial charge on any atom is 0.193 e. The van der Waals surface area contributed by atoms with Crippen LogP contribution in [-0.2, 0) is 6.67 Å². The van der Waals surface area contributed by atoms with Crippen molar-refractivity contribution in [3.8, 4) is 17.1 Å². The van der Waals surface area contributed by atoms with Crippen LogP contribution in [0.25, 0.3) is 11.4 Å². The number of ether oxygens (including phenoxy) is 1. The predicted octanol–water partition coefficient (Wildman–Crippen LogP) is 1.91. The standard InChI is InChI=1S/C12H14N4OS/c1-15-7-16-11(13-14-12(16)18-8-15)9-3-5-10(17-2)6-4-9/h3-6H,7-8H2,1-2H3. The third kappa shape index (κ3) is 1.97. The molecule has 94 valence electrons. The number of thioether (sulfide) groups is 1. The molecule has 0 saturated carbocycles. The van der Waals surface area contributed by atoms with Crippen molar-refractivity contribution >= 4 is 11.8 Å². The highest BCUT2D eigenvalue weighted by molar-refractivity contribution is 7.99. The normalized spacial score (nSPS) is 15.4. The van der Waals surface area contributed by atoms with Crippen molar-refractivity contribution in [2.45, 2.75) is 11.8 Å². The van der Waals surface area contributed by atoms with E-state index in [1.165, 1.54) is 0 Å². The van der Waals surface area contributed by atoms with E-state index in [0.29, 0.717) is 0 Å². The molecule has 0 spiro atoms. The molecule has 0 amide bonds. The van der Waals surface area contributed by atoms with Crippen LogP contribution < -0.4 is 4.74 Å². The number of hydrogen-bond acceptors (Lipinski definition) is 5. The molecule has 0 aliphatic carbocycles. The van der Waals surface area contributed by atoms with Gasteiger partial charge in [0, 0.05) is 5.56 Å². The van der Waals surface area contributed by atoms with Gasteiger partial charge in [-0.3, -0.25) is 9.47 Å². The van der Waals surface area contributed by atoms with Crippen molar-refractivity contribution < 1.29 is 4.74 Å². The minimum absolute atomic E-state index is 0.830. The summed E-state index contributed by atoms with van der Waals surface area (Å²) in [5.41, 5.74) is 1.06. The van der Waals surface area contributed by atoms with Gasteiger partial charge in [-0.05, 0) is 31.3 Å². The smallest absolute Gasteiger partial charge is 0.193 e. The molecule has 0 N–H and O–H groups in total. The Bertz CT molecular complexity index is 552. The Balaban J connectivity index is 1.98. The third-order valence-electron chi connectivity index (χ3n) is 2.86. The molecule has 2 aromatic rings. The molecule has 6 heteroatoms. The first-order chi connectivity index (χ1) is 8.78. The predicted molar refractivity (Wildman–Crippen MR) is 70.5 cm³/mol. The number of fused-ring (bicyclic) bond motifs is 1. The molecule has 0 radical (unpaired) electrons. The summed E-state index contributed by atoms with van der Waals surface area (Å²) in [6.45, 7) is 0.830. The van der Waals surface area contributed by atoms with E-state index >= 15 is 0 Å². The molecule has 2 heterocycles. The summed E-state index contributed by atoms with van der Waals surface area (Å²) in [5.74, 6) is 2.72. The van der Waals surface area contributed by atoms with Crippen LogP contribution in [0.2, 0.25) is 0 Å². The second-order valence-electron chi connectivity index (χ2n) is 4.23. The van der Waals surface area contributed by atoms with Crippen LogP contribution in [0.1, 0.15) is 0 Å². The van der Waals surface area contributed by atoms with Crippen LogP contribution in [-0.4, -0.2) is 39.7 Å². The Morgan fingerprint density at radius 3 is 2.72 bits per heavy atom. The monoisotopic (exact) mass is 262 g/mol. The van der Waals surface area contributed by atoms with E-state index in [0.717, 1.165) is 34.8 Å². The molecule has 5 nitrogen and oxygen atoms in total. The molecule has 3 rings (SSSR count).